The molecule has 0 aliphatic carbocycles. The fraction of sp³-hybridized carbons (Fsp3) is 0.964. The number of nitrogens with zero attached hydrogens (tertiary/aromatic N) is 1. The number of amides is 1. The van der Waals surface area contributed by atoms with E-state index in [0.29, 0.717) is 12.8 Å². The molecule has 0 saturated carbocycles. The van der Waals surface area contributed by atoms with Crippen LogP contribution in [-0.4, -0.2) is 85.3 Å². The monoisotopic (exact) mass is 745 g/mol. The average molecular weight is 746 g/mol. The van der Waals surface area contributed by atoms with E-state index in [4.69, 9.17) is 0 Å². The van der Waals surface area contributed by atoms with E-state index in [1.54, 1.807) is 0 Å². The highest BCUT2D eigenvalue weighted by molar-refractivity contribution is 5.77. The molecule has 0 rings (SSSR count). The van der Waals surface area contributed by atoms with Gasteiger partial charge in [-0.3, -0.25) is 10.1 Å². The molecule has 0 spiro atoms. The number of alkyl halides is 17. The molecule has 0 unspecified atom stereocenters. The molecule has 0 saturated heterocycles. The first-order chi connectivity index (χ1) is 21.4. The first kappa shape index (κ1) is 46.2. The Morgan fingerprint density at radius 2 is 0.750 bits per heavy atom. The number of carbonyl (C=O) groups excluding carboxylic acids is 1. The van der Waals surface area contributed by atoms with E-state index in [1.807, 2.05) is 0 Å². The van der Waals surface area contributed by atoms with Crippen LogP contribution in [0.5, 0.6) is 0 Å². The maximum atomic E-state index is 14.1. The SMILES string of the molecule is CCCCCCCCCCCCCCCC[N+](C)(C)CC(=O)NC(F)(F)C(F)(F)C(F)(F)C(F)(F)C(F)(F)C(F)(F)C(F)(F)C(F)(F)F. The average Bonchev–Trinajstić information content (AvgIpc) is 2.91. The molecular formula is C28H42F17N2O+. The third kappa shape index (κ3) is 10.6. The molecule has 3 nitrogen and oxygen atoms in total. The molecule has 0 aliphatic rings. The molecule has 48 heavy (non-hydrogen) atoms. The quantitative estimate of drug-likeness (QED) is 0.0453. The van der Waals surface area contributed by atoms with Crippen molar-refractivity contribution in [2.75, 3.05) is 27.2 Å². The van der Waals surface area contributed by atoms with Gasteiger partial charge >= 0.3 is 47.8 Å². The Balaban J connectivity index is 5.20. The van der Waals surface area contributed by atoms with Crippen LogP contribution in [0, 0.1) is 0 Å². The predicted molar refractivity (Wildman–Crippen MR) is 141 cm³/mol. The van der Waals surface area contributed by atoms with Crippen molar-refractivity contribution in [2.45, 2.75) is 145 Å². The summed E-state index contributed by atoms with van der Waals surface area (Å²) < 4.78 is 227. The second-order valence-corrected chi connectivity index (χ2v) is 12.5. The fourth-order valence-electron chi connectivity index (χ4n) is 4.66. The van der Waals surface area contributed by atoms with Crippen molar-refractivity contribution in [3.8, 4) is 0 Å². The molecule has 20 heteroatoms. The van der Waals surface area contributed by atoms with E-state index < -0.39 is 64.7 Å². The molecule has 0 aliphatic heterocycles. The first-order valence-electron chi connectivity index (χ1n) is 15.3. The number of nitrogens with one attached hydrogen (secondary N) is 1. The molecule has 288 valence electrons. The van der Waals surface area contributed by atoms with Gasteiger partial charge in [0.15, 0.2) is 6.54 Å². The molecule has 0 bridgehead atoms. The summed E-state index contributed by atoms with van der Waals surface area (Å²) in [5.41, 5.74) is 0. The van der Waals surface area contributed by atoms with Crippen LogP contribution in [0.4, 0.5) is 74.6 Å². The molecule has 0 heterocycles. The number of halogens is 17. The van der Waals surface area contributed by atoms with Gasteiger partial charge in [-0.2, -0.15) is 74.6 Å². The summed E-state index contributed by atoms with van der Waals surface area (Å²) in [4.78, 5) is 12.0. The molecule has 1 amide bonds. The summed E-state index contributed by atoms with van der Waals surface area (Å²) in [7, 11) is 2.37. The van der Waals surface area contributed by atoms with Crippen molar-refractivity contribution in [3.05, 3.63) is 0 Å². The van der Waals surface area contributed by atoms with Crippen molar-refractivity contribution in [1.29, 1.82) is 0 Å². The normalized spacial score (nSPS) is 14.8. The van der Waals surface area contributed by atoms with E-state index in [0.717, 1.165) is 44.9 Å². The fourth-order valence-corrected chi connectivity index (χ4v) is 4.66. The van der Waals surface area contributed by atoms with E-state index in [2.05, 4.69) is 6.92 Å². The Morgan fingerprint density at radius 3 is 1.08 bits per heavy atom. The van der Waals surface area contributed by atoms with Gasteiger partial charge in [0.1, 0.15) is 0 Å². The summed E-state index contributed by atoms with van der Waals surface area (Å²) >= 11 is 0. The number of carbonyl (C=O) groups is 1. The Hall–Kier alpha value is -1.76. The first-order valence-corrected chi connectivity index (χ1v) is 15.3. The molecule has 0 fully saturated rings. The van der Waals surface area contributed by atoms with Crippen LogP contribution >= 0.6 is 0 Å². The molecule has 0 radical (unpaired) electrons. The van der Waals surface area contributed by atoms with E-state index >= 15 is 0 Å². The smallest absolute Gasteiger partial charge is 0.321 e. The van der Waals surface area contributed by atoms with Gasteiger partial charge in [0.05, 0.1) is 20.6 Å². The van der Waals surface area contributed by atoms with Gasteiger partial charge in [0.25, 0.3) is 5.91 Å². The molecule has 0 atom stereocenters. The second-order valence-electron chi connectivity index (χ2n) is 12.5. The van der Waals surface area contributed by atoms with Crippen LogP contribution in [0.25, 0.3) is 0 Å². The van der Waals surface area contributed by atoms with Gasteiger partial charge in [0, 0.05) is 0 Å². The van der Waals surface area contributed by atoms with E-state index in [-0.39, 0.29) is 11.9 Å². The maximum Gasteiger partial charge on any atom is 0.460 e. The minimum Gasteiger partial charge on any atom is -0.321 e. The Morgan fingerprint density at radius 1 is 0.458 bits per heavy atom. The lowest BCUT2D eigenvalue weighted by Crippen LogP contribution is -2.76. The highest BCUT2D eigenvalue weighted by Gasteiger charge is 2.95. The number of quaternary nitrogens is 1. The number of likely N-dealkylation sites (N-methyl/N-ethyl adjacent to an activating group) is 1. The summed E-state index contributed by atoms with van der Waals surface area (Å²) in [6.07, 6.45) is 6.01. The van der Waals surface area contributed by atoms with Crippen LogP contribution in [0.15, 0.2) is 0 Å². The van der Waals surface area contributed by atoms with Crippen LogP contribution in [0.1, 0.15) is 96.8 Å². The summed E-state index contributed by atoms with van der Waals surface area (Å²) in [6.45, 7) is 0.935. The van der Waals surface area contributed by atoms with E-state index in [9.17, 15) is 79.4 Å². The Labute approximate surface area is 267 Å². The van der Waals surface area contributed by atoms with Crippen molar-refractivity contribution in [1.82, 2.24) is 5.32 Å². The van der Waals surface area contributed by atoms with Gasteiger partial charge in [0.2, 0.25) is 0 Å². The molecule has 1 N–H and O–H groups in total. The number of unbranched alkanes of at least 4 members (excludes halogenated alkanes) is 13. The number of rotatable bonds is 24. The molecular weight excluding hydrogens is 703 g/mol. The lowest BCUT2D eigenvalue weighted by Gasteiger charge is -2.42. The van der Waals surface area contributed by atoms with Crippen molar-refractivity contribution in [2.24, 2.45) is 0 Å². The highest BCUT2D eigenvalue weighted by Crippen LogP contribution is 2.63. The van der Waals surface area contributed by atoms with Gasteiger partial charge < -0.3 is 4.48 Å². The van der Waals surface area contributed by atoms with Gasteiger partial charge in [-0.05, 0) is 12.8 Å². The van der Waals surface area contributed by atoms with Crippen molar-refractivity contribution in [3.63, 3.8) is 0 Å². The maximum absolute atomic E-state index is 14.1. The Bertz CT molecular complexity index is 982. The van der Waals surface area contributed by atoms with Gasteiger partial charge in [-0.15, -0.1) is 0 Å². The summed E-state index contributed by atoms with van der Waals surface area (Å²) in [5, 5.41) is -0.0845. The van der Waals surface area contributed by atoms with Crippen LogP contribution < -0.4 is 5.32 Å². The van der Waals surface area contributed by atoms with E-state index in [1.165, 1.54) is 46.2 Å². The molecule has 0 aromatic carbocycles. The zero-order chi connectivity index (χ0) is 38.1. The van der Waals surface area contributed by atoms with Crippen LogP contribution in [0.3, 0.4) is 0 Å². The number of hydrogen-bond acceptors (Lipinski definition) is 1. The third-order valence-corrected chi connectivity index (χ3v) is 7.71. The highest BCUT2D eigenvalue weighted by atomic mass is 19.4. The lowest BCUT2D eigenvalue weighted by molar-refractivity contribution is -0.882. The lowest BCUT2D eigenvalue weighted by atomic mass is 9.90. The topological polar surface area (TPSA) is 29.1 Å². The van der Waals surface area contributed by atoms with Crippen LogP contribution in [-0.2, 0) is 4.79 Å². The number of hydrogen-bond donors (Lipinski definition) is 1. The third-order valence-electron chi connectivity index (χ3n) is 7.71. The zero-order valence-corrected chi connectivity index (χ0v) is 26.6. The predicted octanol–water partition coefficient (Wildman–Crippen LogP) is 10.6. The molecule has 0 aromatic rings. The largest absolute Gasteiger partial charge is 0.460 e. The van der Waals surface area contributed by atoms with Gasteiger partial charge in [-0.1, -0.05) is 84.0 Å². The molecule has 0 aromatic heterocycles. The zero-order valence-electron chi connectivity index (χ0n) is 26.6. The van der Waals surface area contributed by atoms with Crippen LogP contribution in [0.2, 0.25) is 0 Å². The van der Waals surface area contributed by atoms with Gasteiger partial charge in [-0.25, -0.2) is 0 Å². The van der Waals surface area contributed by atoms with Crippen molar-refractivity contribution < 1.29 is 83.9 Å². The minimum atomic E-state index is -8.71. The summed E-state index contributed by atoms with van der Waals surface area (Å²) in [5.74, 6) is -52.8. The Kier molecular flexibility index (Phi) is 16.3. The summed E-state index contributed by atoms with van der Waals surface area (Å²) in [6, 6.07) is -6.94. The standard InChI is InChI=1S/C28H41F17N2O/c1-4-5-6-7-8-9-10-11-12-13-14-15-16-17-18-47(2,3)19-20(48)46-28(44,45)26(39,40)24(35,36)22(31,32)21(29,30)23(33,34)25(37,38)27(41,42)43/h4-19H2,1-3H3/p+1. The second kappa shape index (κ2) is 17.0. The van der Waals surface area contributed by atoms with Crippen molar-refractivity contribution >= 4 is 5.91 Å². The minimum absolute atomic E-state index is 0.0103.